The molecule has 4 N–H and O–H groups in total. The molecule has 19 heavy (non-hydrogen) atoms. The zero-order chi connectivity index (χ0) is 14.8. The lowest BCUT2D eigenvalue weighted by atomic mass is 10.1. The maximum absolute atomic E-state index is 11.4. The van der Waals surface area contributed by atoms with E-state index >= 15 is 0 Å². The van der Waals surface area contributed by atoms with Crippen molar-refractivity contribution in [2.24, 2.45) is 5.92 Å². The predicted octanol–water partition coefficient (Wildman–Crippen LogP) is 1.04. The number of carboxylic acid groups (broad SMARTS) is 2. The molecule has 2 amide bonds. The van der Waals surface area contributed by atoms with Crippen molar-refractivity contribution in [1.82, 2.24) is 10.6 Å². The lowest BCUT2D eigenvalue weighted by Gasteiger charge is -2.14. The van der Waals surface area contributed by atoms with Gasteiger partial charge >= 0.3 is 18.0 Å². The topological polar surface area (TPSA) is 116 Å². The van der Waals surface area contributed by atoms with Gasteiger partial charge < -0.3 is 20.8 Å². The molecule has 7 nitrogen and oxygen atoms in total. The fourth-order valence-corrected chi connectivity index (χ4v) is 1.45. The van der Waals surface area contributed by atoms with Gasteiger partial charge in [-0.3, -0.25) is 4.79 Å². The molecule has 0 aromatic rings. The summed E-state index contributed by atoms with van der Waals surface area (Å²) in [4.78, 5) is 32.6. The minimum atomic E-state index is -1.24. The second-order valence-corrected chi connectivity index (χ2v) is 4.76. The van der Waals surface area contributed by atoms with Crippen LogP contribution in [-0.4, -0.2) is 40.8 Å². The number of amides is 2. The molecule has 0 bridgehead atoms. The monoisotopic (exact) mass is 274 g/mol. The number of hydrogen-bond donors (Lipinski definition) is 4. The summed E-state index contributed by atoms with van der Waals surface area (Å²) in [7, 11) is 0. The summed E-state index contributed by atoms with van der Waals surface area (Å²) in [5.74, 6) is -1.78. The van der Waals surface area contributed by atoms with Crippen LogP contribution in [0, 0.1) is 5.92 Å². The van der Waals surface area contributed by atoms with Crippen molar-refractivity contribution in [3.05, 3.63) is 0 Å². The largest absolute Gasteiger partial charge is 0.481 e. The molecule has 0 radical (unpaired) electrons. The van der Waals surface area contributed by atoms with Crippen LogP contribution in [0.3, 0.4) is 0 Å². The molecule has 0 spiro atoms. The second kappa shape index (κ2) is 9.18. The summed E-state index contributed by atoms with van der Waals surface area (Å²) in [6, 6.07) is -1.76. The van der Waals surface area contributed by atoms with E-state index in [9.17, 15) is 14.4 Å². The fraction of sp³-hybridized carbons (Fsp3) is 0.750. The second-order valence-electron chi connectivity index (χ2n) is 4.76. The number of urea groups is 1. The van der Waals surface area contributed by atoms with E-state index in [1.54, 1.807) is 0 Å². The molecule has 0 heterocycles. The van der Waals surface area contributed by atoms with Crippen LogP contribution in [0.5, 0.6) is 0 Å². The van der Waals surface area contributed by atoms with Crippen molar-refractivity contribution in [2.75, 3.05) is 6.54 Å². The Morgan fingerprint density at radius 2 is 1.74 bits per heavy atom. The third kappa shape index (κ3) is 9.87. The first-order chi connectivity index (χ1) is 8.82. The number of nitrogens with one attached hydrogen (secondary N) is 2. The van der Waals surface area contributed by atoms with Crippen LogP contribution < -0.4 is 10.6 Å². The smallest absolute Gasteiger partial charge is 0.326 e. The lowest BCUT2D eigenvalue weighted by Crippen LogP contribution is -2.46. The van der Waals surface area contributed by atoms with Gasteiger partial charge in [-0.1, -0.05) is 13.8 Å². The zero-order valence-electron chi connectivity index (χ0n) is 11.3. The molecule has 110 valence electrons. The van der Waals surface area contributed by atoms with E-state index in [0.717, 1.165) is 12.8 Å². The van der Waals surface area contributed by atoms with E-state index in [1.807, 2.05) is 0 Å². The maximum Gasteiger partial charge on any atom is 0.326 e. The SMILES string of the molecule is CC(C)CCCNC(=O)N[C@@H](CCC(=O)O)C(=O)O. The highest BCUT2D eigenvalue weighted by Gasteiger charge is 2.20. The number of rotatable bonds is 9. The number of carbonyl (C=O) groups excluding carboxylic acids is 1. The van der Waals surface area contributed by atoms with Crippen LogP contribution in [0.2, 0.25) is 0 Å². The van der Waals surface area contributed by atoms with Crippen molar-refractivity contribution in [2.45, 2.75) is 45.6 Å². The Morgan fingerprint density at radius 3 is 2.21 bits per heavy atom. The van der Waals surface area contributed by atoms with E-state index in [0.29, 0.717) is 12.5 Å². The molecule has 0 unspecified atom stereocenters. The molecule has 0 saturated heterocycles. The molecular weight excluding hydrogens is 252 g/mol. The van der Waals surface area contributed by atoms with Gasteiger partial charge in [0.2, 0.25) is 0 Å². The molecule has 0 aliphatic carbocycles. The summed E-state index contributed by atoms with van der Waals surface area (Å²) < 4.78 is 0. The minimum absolute atomic E-state index is 0.135. The fourth-order valence-electron chi connectivity index (χ4n) is 1.45. The first-order valence-corrected chi connectivity index (χ1v) is 6.32. The van der Waals surface area contributed by atoms with Crippen molar-refractivity contribution < 1.29 is 24.6 Å². The third-order valence-electron chi connectivity index (χ3n) is 2.49. The Balaban J connectivity index is 3.96. The first-order valence-electron chi connectivity index (χ1n) is 6.32. The van der Waals surface area contributed by atoms with Crippen LogP contribution in [0.15, 0.2) is 0 Å². The summed E-state index contributed by atoms with van der Waals surface area (Å²) in [5, 5.41) is 22.1. The molecule has 0 fully saturated rings. The lowest BCUT2D eigenvalue weighted by molar-refractivity contribution is -0.140. The highest BCUT2D eigenvalue weighted by atomic mass is 16.4. The van der Waals surface area contributed by atoms with Crippen molar-refractivity contribution in [1.29, 1.82) is 0 Å². The highest BCUT2D eigenvalue weighted by Crippen LogP contribution is 2.02. The molecule has 7 heteroatoms. The van der Waals surface area contributed by atoms with Gasteiger partial charge in [-0.25, -0.2) is 9.59 Å². The molecule has 1 atom stereocenters. The van der Waals surface area contributed by atoms with Crippen molar-refractivity contribution >= 4 is 18.0 Å². The van der Waals surface area contributed by atoms with Gasteiger partial charge in [0.1, 0.15) is 6.04 Å². The van der Waals surface area contributed by atoms with Crippen LogP contribution in [0.4, 0.5) is 4.79 Å². The van der Waals surface area contributed by atoms with Crippen LogP contribution >= 0.6 is 0 Å². The van der Waals surface area contributed by atoms with Gasteiger partial charge in [-0.2, -0.15) is 0 Å². The van der Waals surface area contributed by atoms with Gasteiger partial charge in [0, 0.05) is 13.0 Å². The summed E-state index contributed by atoms with van der Waals surface area (Å²) in [6.07, 6.45) is 1.36. The number of carboxylic acids is 2. The molecule has 0 aliphatic heterocycles. The Hall–Kier alpha value is -1.79. The number of hydrogen-bond acceptors (Lipinski definition) is 3. The van der Waals surface area contributed by atoms with E-state index in [-0.39, 0.29) is 12.8 Å². The summed E-state index contributed by atoms with van der Waals surface area (Å²) in [6.45, 7) is 4.62. The molecule has 0 aromatic heterocycles. The molecule has 0 aliphatic rings. The molecule has 0 rings (SSSR count). The predicted molar refractivity (Wildman–Crippen MR) is 68.9 cm³/mol. The van der Waals surface area contributed by atoms with E-state index in [2.05, 4.69) is 24.5 Å². The Morgan fingerprint density at radius 1 is 1.11 bits per heavy atom. The number of carbonyl (C=O) groups is 3. The van der Waals surface area contributed by atoms with E-state index < -0.39 is 24.0 Å². The van der Waals surface area contributed by atoms with Gasteiger partial charge in [-0.05, 0) is 25.2 Å². The zero-order valence-corrected chi connectivity index (χ0v) is 11.3. The molecule has 0 saturated carbocycles. The quantitative estimate of drug-likeness (QED) is 0.469. The van der Waals surface area contributed by atoms with Crippen LogP contribution in [0.1, 0.15) is 39.5 Å². The van der Waals surface area contributed by atoms with Crippen molar-refractivity contribution in [3.63, 3.8) is 0 Å². The minimum Gasteiger partial charge on any atom is -0.481 e. The van der Waals surface area contributed by atoms with Gasteiger partial charge in [0.05, 0.1) is 0 Å². The first kappa shape index (κ1) is 17.2. The van der Waals surface area contributed by atoms with Crippen molar-refractivity contribution in [3.8, 4) is 0 Å². The average Bonchev–Trinajstić information content (AvgIpc) is 2.29. The number of aliphatic carboxylic acids is 2. The standard InChI is InChI=1S/C12H22N2O5/c1-8(2)4-3-7-13-12(19)14-9(11(17)18)5-6-10(15)16/h8-9H,3-7H2,1-2H3,(H,15,16)(H,17,18)(H2,13,14,19)/t9-/m0/s1. The highest BCUT2D eigenvalue weighted by molar-refractivity contribution is 5.82. The summed E-state index contributed by atoms with van der Waals surface area (Å²) >= 11 is 0. The maximum atomic E-state index is 11.4. The summed E-state index contributed by atoms with van der Waals surface area (Å²) in [5.41, 5.74) is 0. The average molecular weight is 274 g/mol. The Labute approximate surface area is 112 Å². The van der Waals surface area contributed by atoms with Crippen LogP contribution in [-0.2, 0) is 9.59 Å². The van der Waals surface area contributed by atoms with E-state index in [1.165, 1.54) is 0 Å². The molecular formula is C12H22N2O5. The van der Waals surface area contributed by atoms with Gasteiger partial charge in [0.15, 0.2) is 0 Å². The van der Waals surface area contributed by atoms with Gasteiger partial charge in [-0.15, -0.1) is 0 Å². The Bertz CT molecular complexity index is 317. The van der Waals surface area contributed by atoms with E-state index in [4.69, 9.17) is 10.2 Å². The molecule has 0 aromatic carbocycles. The third-order valence-corrected chi connectivity index (χ3v) is 2.49. The normalized spacial score (nSPS) is 11.9. The van der Waals surface area contributed by atoms with Crippen LogP contribution in [0.25, 0.3) is 0 Å². The van der Waals surface area contributed by atoms with Gasteiger partial charge in [0.25, 0.3) is 0 Å². The Kier molecular flexibility index (Phi) is 8.32.